The van der Waals surface area contributed by atoms with Crippen molar-refractivity contribution in [2.24, 2.45) is 4.99 Å². The smallest absolute Gasteiger partial charge is 0.191 e. The van der Waals surface area contributed by atoms with Gasteiger partial charge in [-0.05, 0) is 39.1 Å². The van der Waals surface area contributed by atoms with Gasteiger partial charge in [0.05, 0.1) is 6.54 Å². The molecule has 0 unspecified atom stereocenters. The SMILES string of the molecule is CCNC(=NCc1ccc(C)s1)NCCN(CC)CC.I. The topological polar surface area (TPSA) is 39.7 Å². The minimum atomic E-state index is 0. The molecule has 0 saturated carbocycles. The van der Waals surface area contributed by atoms with Gasteiger partial charge in [0, 0.05) is 29.4 Å². The van der Waals surface area contributed by atoms with Gasteiger partial charge in [-0.2, -0.15) is 0 Å². The van der Waals surface area contributed by atoms with Crippen molar-refractivity contribution in [3.05, 3.63) is 21.9 Å². The molecular formula is C15H29IN4S. The van der Waals surface area contributed by atoms with E-state index in [0.29, 0.717) is 0 Å². The number of hydrogen-bond acceptors (Lipinski definition) is 3. The van der Waals surface area contributed by atoms with Crippen LogP contribution >= 0.6 is 35.3 Å². The van der Waals surface area contributed by atoms with Gasteiger partial charge >= 0.3 is 0 Å². The molecule has 1 rings (SSSR count). The molecule has 0 fully saturated rings. The molecule has 0 bridgehead atoms. The first-order valence-electron chi connectivity index (χ1n) is 7.49. The Labute approximate surface area is 150 Å². The second kappa shape index (κ2) is 12.2. The average molecular weight is 424 g/mol. The number of nitrogens with one attached hydrogen (secondary N) is 2. The van der Waals surface area contributed by atoms with Crippen molar-refractivity contribution in [2.75, 3.05) is 32.7 Å². The van der Waals surface area contributed by atoms with Gasteiger partial charge in [-0.3, -0.25) is 0 Å². The van der Waals surface area contributed by atoms with E-state index in [1.165, 1.54) is 9.75 Å². The van der Waals surface area contributed by atoms with Crippen LogP contribution in [0.2, 0.25) is 0 Å². The zero-order valence-corrected chi connectivity index (χ0v) is 16.8. The van der Waals surface area contributed by atoms with Crippen molar-refractivity contribution < 1.29 is 0 Å². The highest BCUT2D eigenvalue weighted by Crippen LogP contribution is 2.15. The second-order valence-electron chi connectivity index (χ2n) is 4.66. The number of hydrogen-bond donors (Lipinski definition) is 2. The van der Waals surface area contributed by atoms with Gasteiger partial charge in [-0.1, -0.05) is 13.8 Å². The van der Waals surface area contributed by atoms with Crippen LogP contribution in [-0.2, 0) is 6.54 Å². The second-order valence-corrected chi connectivity index (χ2v) is 6.03. The summed E-state index contributed by atoms with van der Waals surface area (Å²) >= 11 is 1.81. The highest BCUT2D eigenvalue weighted by atomic mass is 127. The molecule has 1 heterocycles. The maximum absolute atomic E-state index is 4.63. The number of nitrogens with zero attached hydrogens (tertiary/aromatic N) is 2. The molecule has 0 spiro atoms. The van der Waals surface area contributed by atoms with Gasteiger partial charge in [0.15, 0.2) is 5.96 Å². The molecule has 1 aromatic rings. The van der Waals surface area contributed by atoms with Crippen molar-refractivity contribution in [1.82, 2.24) is 15.5 Å². The first-order chi connectivity index (χ1) is 9.69. The molecule has 6 heteroatoms. The van der Waals surface area contributed by atoms with E-state index < -0.39 is 0 Å². The predicted octanol–water partition coefficient (Wildman–Crippen LogP) is 3.07. The molecular weight excluding hydrogens is 395 g/mol. The van der Waals surface area contributed by atoms with Crippen LogP contribution in [0.1, 0.15) is 30.5 Å². The molecule has 21 heavy (non-hydrogen) atoms. The largest absolute Gasteiger partial charge is 0.357 e. The number of likely N-dealkylation sites (N-methyl/N-ethyl adjacent to an activating group) is 1. The maximum Gasteiger partial charge on any atom is 0.191 e. The summed E-state index contributed by atoms with van der Waals surface area (Å²) in [6.07, 6.45) is 0. The maximum atomic E-state index is 4.63. The Morgan fingerprint density at radius 1 is 1.19 bits per heavy atom. The highest BCUT2D eigenvalue weighted by molar-refractivity contribution is 14.0. The van der Waals surface area contributed by atoms with Crippen LogP contribution in [0.5, 0.6) is 0 Å². The van der Waals surface area contributed by atoms with E-state index in [-0.39, 0.29) is 24.0 Å². The van der Waals surface area contributed by atoms with Crippen molar-refractivity contribution in [2.45, 2.75) is 34.2 Å². The Morgan fingerprint density at radius 2 is 1.90 bits per heavy atom. The summed E-state index contributed by atoms with van der Waals surface area (Å²) in [6.45, 7) is 14.4. The summed E-state index contributed by atoms with van der Waals surface area (Å²) in [4.78, 5) is 9.68. The van der Waals surface area contributed by atoms with E-state index in [9.17, 15) is 0 Å². The lowest BCUT2D eigenvalue weighted by atomic mass is 10.4. The summed E-state index contributed by atoms with van der Waals surface area (Å²) in [5, 5.41) is 6.69. The van der Waals surface area contributed by atoms with Crippen LogP contribution in [0.3, 0.4) is 0 Å². The summed E-state index contributed by atoms with van der Waals surface area (Å²) < 4.78 is 0. The Bertz CT molecular complexity index is 402. The molecule has 1 aromatic heterocycles. The lowest BCUT2D eigenvalue weighted by Gasteiger charge is -2.19. The Morgan fingerprint density at radius 3 is 2.43 bits per heavy atom. The number of rotatable bonds is 8. The first-order valence-corrected chi connectivity index (χ1v) is 8.31. The quantitative estimate of drug-likeness (QED) is 0.383. The number of guanidine groups is 1. The number of aliphatic imine (C=N–C) groups is 1. The molecule has 0 saturated heterocycles. The fraction of sp³-hybridized carbons (Fsp3) is 0.667. The summed E-state index contributed by atoms with van der Waals surface area (Å²) in [6, 6.07) is 4.30. The molecule has 0 aromatic carbocycles. The van der Waals surface area contributed by atoms with E-state index in [4.69, 9.17) is 0 Å². The predicted molar refractivity (Wildman–Crippen MR) is 105 cm³/mol. The molecule has 0 aliphatic heterocycles. The molecule has 0 radical (unpaired) electrons. The first kappa shape index (κ1) is 20.7. The van der Waals surface area contributed by atoms with E-state index >= 15 is 0 Å². The van der Waals surface area contributed by atoms with Crippen molar-refractivity contribution in [3.8, 4) is 0 Å². The third kappa shape index (κ3) is 8.63. The zero-order valence-electron chi connectivity index (χ0n) is 13.6. The third-order valence-electron chi connectivity index (χ3n) is 3.15. The fourth-order valence-corrected chi connectivity index (χ4v) is 2.76. The van der Waals surface area contributed by atoms with Crippen molar-refractivity contribution >= 4 is 41.3 Å². The Balaban J connectivity index is 0.00000400. The van der Waals surface area contributed by atoms with Crippen LogP contribution in [0.15, 0.2) is 17.1 Å². The monoisotopic (exact) mass is 424 g/mol. The molecule has 0 amide bonds. The van der Waals surface area contributed by atoms with Crippen molar-refractivity contribution in [3.63, 3.8) is 0 Å². The zero-order chi connectivity index (χ0) is 14.8. The highest BCUT2D eigenvalue weighted by Gasteiger charge is 2.01. The summed E-state index contributed by atoms with van der Waals surface area (Å²) in [5.74, 6) is 0.908. The minimum absolute atomic E-state index is 0. The van der Waals surface area contributed by atoms with E-state index in [1.807, 2.05) is 11.3 Å². The number of thiophene rings is 1. The molecule has 122 valence electrons. The standard InChI is InChI=1S/C15H28N4S.HI/c1-5-16-15(17-10-11-19(6-2)7-3)18-12-14-9-8-13(4)20-14;/h8-9H,5-7,10-12H2,1-4H3,(H2,16,17,18);1H. The van der Waals surface area contributed by atoms with Crippen LogP contribution in [-0.4, -0.2) is 43.6 Å². The molecule has 0 atom stereocenters. The van der Waals surface area contributed by atoms with Crippen LogP contribution in [0, 0.1) is 6.92 Å². The lowest BCUT2D eigenvalue weighted by Crippen LogP contribution is -2.41. The molecule has 2 N–H and O–H groups in total. The van der Waals surface area contributed by atoms with Gasteiger partial charge in [0.2, 0.25) is 0 Å². The summed E-state index contributed by atoms with van der Waals surface area (Å²) in [7, 11) is 0. The number of aryl methyl sites for hydroxylation is 1. The fourth-order valence-electron chi connectivity index (χ4n) is 1.94. The van der Waals surface area contributed by atoms with E-state index in [1.54, 1.807) is 0 Å². The normalized spacial score (nSPS) is 11.4. The summed E-state index contributed by atoms with van der Waals surface area (Å²) in [5.41, 5.74) is 0. The lowest BCUT2D eigenvalue weighted by molar-refractivity contribution is 0.308. The van der Waals surface area contributed by atoms with E-state index in [2.05, 4.69) is 60.4 Å². The Kier molecular flexibility index (Phi) is 12.0. The average Bonchev–Trinajstić information content (AvgIpc) is 2.86. The van der Waals surface area contributed by atoms with Crippen LogP contribution < -0.4 is 10.6 Å². The van der Waals surface area contributed by atoms with Gasteiger partial charge in [0.25, 0.3) is 0 Å². The molecule has 4 nitrogen and oxygen atoms in total. The van der Waals surface area contributed by atoms with Crippen molar-refractivity contribution in [1.29, 1.82) is 0 Å². The molecule has 0 aliphatic rings. The van der Waals surface area contributed by atoms with Gasteiger partial charge < -0.3 is 15.5 Å². The third-order valence-corrected chi connectivity index (χ3v) is 4.13. The van der Waals surface area contributed by atoms with Crippen LogP contribution in [0.4, 0.5) is 0 Å². The van der Waals surface area contributed by atoms with Crippen LogP contribution in [0.25, 0.3) is 0 Å². The Hall–Kier alpha value is -0.340. The van der Waals surface area contributed by atoms with Gasteiger partial charge in [-0.15, -0.1) is 35.3 Å². The van der Waals surface area contributed by atoms with E-state index in [0.717, 1.165) is 45.2 Å². The van der Waals surface area contributed by atoms with Gasteiger partial charge in [0.1, 0.15) is 0 Å². The minimum Gasteiger partial charge on any atom is -0.357 e. The van der Waals surface area contributed by atoms with Gasteiger partial charge in [-0.25, -0.2) is 4.99 Å². The molecule has 0 aliphatic carbocycles. The number of halogens is 1.